The predicted molar refractivity (Wildman–Crippen MR) is 139 cm³/mol. The normalized spacial score (nSPS) is 11.9. The Morgan fingerprint density at radius 3 is 2.46 bits per heavy atom. The van der Waals surface area contributed by atoms with Gasteiger partial charge in [-0.05, 0) is 31.5 Å². The number of aryl methyl sites for hydroxylation is 2. The Kier molecular flexibility index (Phi) is 9.25. The number of halogens is 2. The fourth-order valence-corrected chi connectivity index (χ4v) is 4.91. The fraction of sp³-hybridized carbons (Fsp3) is 0.519. The molecule has 2 heterocycles. The Balaban J connectivity index is 1.71. The van der Waals surface area contributed by atoms with Gasteiger partial charge in [0.05, 0.1) is 25.8 Å². The number of hydrogen-bond acceptors (Lipinski definition) is 3. The van der Waals surface area contributed by atoms with Gasteiger partial charge < -0.3 is 10.2 Å². The molecule has 0 radical (unpaired) electrons. The van der Waals surface area contributed by atoms with Crippen molar-refractivity contribution in [1.29, 1.82) is 0 Å². The van der Waals surface area contributed by atoms with E-state index in [1.165, 1.54) is 6.07 Å². The van der Waals surface area contributed by atoms with Crippen LogP contribution in [0.5, 0.6) is 0 Å². The van der Waals surface area contributed by atoms with Gasteiger partial charge in [0.15, 0.2) is 5.65 Å². The molecular weight excluding hydrogens is 465 g/mol. The molecule has 0 aliphatic heterocycles. The van der Waals surface area contributed by atoms with Crippen LogP contribution in [0, 0.1) is 31.5 Å². The number of benzene rings is 1. The van der Waals surface area contributed by atoms with Crippen molar-refractivity contribution in [2.45, 2.75) is 54.4 Å². The molecule has 0 unspecified atom stereocenters. The van der Waals surface area contributed by atoms with E-state index in [0.29, 0.717) is 46.6 Å². The predicted octanol–water partition coefficient (Wildman–Crippen LogP) is 4.05. The van der Waals surface area contributed by atoms with Gasteiger partial charge in [-0.1, -0.05) is 45.4 Å². The molecule has 3 rings (SSSR count). The lowest BCUT2D eigenvalue weighted by Crippen LogP contribution is -3.13. The van der Waals surface area contributed by atoms with Gasteiger partial charge in [0, 0.05) is 53.2 Å². The SMILES string of the molecule is Cc1nc2c(C(=O)NCCC[NH+](CC(C)C)CC(C)C)cnn2c(C)c1Cc1c(F)cccc1Cl. The van der Waals surface area contributed by atoms with Gasteiger partial charge in [0.2, 0.25) is 0 Å². The molecule has 0 saturated carbocycles. The Morgan fingerprint density at radius 2 is 1.83 bits per heavy atom. The summed E-state index contributed by atoms with van der Waals surface area (Å²) in [4.78, 5) is 19.2. The third-order valence-corrected chi connectivity index (χ3v) is 6.61. The van der Waals surface area contributed by atoms with E-state index in [1.54, 1.807) is 27.7 Å². The lowest BCUT2D eigenvalue weighted by Gasteiger charge is -2.23. The highest BCUT2D eigenvalue weighted by molar-refractivity contribution is 6.31. The van der Waals surface area contributed by atoms with Crippen LogP contribution in [0.15, 0.2) is 24.4 Å². The fourth-order valence-electron chi connectivity index (χ4n) is 4.68. The van der Waals surface area contributed by atoms with Crippen molar-refractivity contribution in [3.05, 3.63) is 63.3 Å². The average Bonchev–Trinajstić information content (AvgIpc) is 3.18. The summed E-state index contributed by atoms with van der Waals surface area (Å²) in [5, 5.41) is 7.83. The molecule has 0 aliphatic carbocycles. The molecular formula is C27H38ClFN5O+. The van der Waals surface area contributed by atoms with Crippen molar-refractivity contribution >= 4 is 23.2 Å². The molecule has 3 aromatic rings. The van der Waals surface area contributed by atoms with Crippen LogP contribution in [-0.4, -0.2) is 46.7 Å². The topological polar surface area (TPSA) is 63.7 Å². The first-order valence-electron chi connectivity index (χ1n) is 12.5. The molecule has 6 nitrogen and oxygen atoms in total. The molecule has 0 aliphatic rings. The third kappa shape index (κ3) is 6.79. The molecule has 35 heavy (non-hydrogen) atoms. The van der Waals surface area contributed by atoms with Crippen LogP contribution in [0.3, 0.4) is 0 Å². The number of carbonyl (C=O) groups excluding carboxylic acids is 1. The third-order valence-electron chi connectivity index (χ3n) is 6.25. The van der Waals surface area contributed by atoms with Gasteiger partial charge in [-0.2, -0.15) is 5.10 Å². The molecule has 190 valence electrons. The number of aromatic nitrogens is 3. The highest BCUT2D eigenvalue weighted by atomic mass is 35.5. The molecule has 0 saturated heterocycles. The number of amides is 1. The number of carbonyl (C=O) groups is 1. The maximum atomic E-state index is 14.4. The van der Waals surface area contributed by atoms with Crippen LogP contribution < -0.4 is 10.2 Å². The minimum atomic E-state index is -0.348. The van der Waals surface area contributed by atoms with E-state index < -0.39 is 0 Å². The summed E-state index contributed by atoms with van der Waals surface area (Å²) < 4.78 is 16.0. The zero-order valence-corrected chi connectivity index (χ0v) is 22.5. The van der Waals surface area contributed by atoms with Gasteiger partial charge in [-0.25, -0.2) is 13.9 Å². The average molecular weight is 503 g/mol. The number of quaternary nitrogens is 1. The Bertz CT molecular complexity index is 1140. The van der Waals surface area contributed by atoms with Crippen LogP contribution in [-0.2, 0) is 6.42 Å². The Morgan fingerprint density at radius 1 is 1.14 bits per heavy atom. The summed E-state index contributed by atoms with van der Waals surface area (Å²) >= 11 is 6.24. The molecule has 0 spiro atoms. The summed E-state index contributed by atoms with van der Waals surface area (Å²) in [6.45, 7) is 16.7. The number of nitrogens with one attached hydrogen (secondary N) is 2. The zero-order valence-electron chi connectivity index (χ0n) is 21.7. The summed E-state index contributed by atoms with van der Waals surface area (Å²) in [6.07, 6.45) is 2.77. The standard InChI is InChI=1S/C27H37ClFN5O/c1-17(2)15-33(16-18(3)4)12-8-11-30-27(35)23-14-31-34-20(6)21(19(5)32-26(23)34)13-22-24(28)9-7-10-25(22)29/h7,9-10,14,17-18H,8,11-13,15-16H2,1-6H3,(H,30,35)/p+1. The number of fused-ring (bicyclic) bond motifs is 1. The van der Waals surface area contributed by atoms with Crippen molar-refractivity contribution in [2.75, 3.05) is 26.2 Å². The van der Waals surface area contributed by atoms with Gasteiger partial charge >= 0.3 is 0 Å². The molecule has 1 amide bonds. The van der Waals surface area contributed by atoms with Crippen molar-refractivity contribution in [3.63, 3.8) is 0 Å². The minimum Gasteiger partial charge on any atom is -0.352 e. The number of rotatable bonds is 11. The smallest absolute Gasteiger partial charge is 0.256 e. The zero-order chi connectivity index (χ0) is 25.7. The van der Waals surface area contributed by atoms with E-state index in [9.17, 15) is 9.18 Å². The van der Waals surface area contributed by atoms with Crippen LogP contribution in [0.1, 0.15) is 67.0 Å². The highest BCUT2D eigenvalue weighted by Gasteiger charge is 2.20. The van der Waals surface area contributed by atoms with Crippen LogP contribution in [0.25, 0.3) is 5.65 Å². The lowest BCUT2D eigenvalue weighted by molar-refractivity contribution is -0.906. The summed E-state index contributed by atoms with van der Waals surface area (Å²) in [5.41, 5.74) is 3.77. The molecule has 8 heteroatoms. The highest BCUT2D eigenvalue weighted by Crippen LogP contribution is 2.26. The first-order chi connectivity index (χ1) is 16.6. The van der Waals surface area contributed by atoms with E-state index in [0.717, 1.165) is 43.0 Å². The van der Waals surface area contributed by atoms with E-state index in [2.05, 4.69) is 43.1 Å². The van der Waals surface area contributed by atoms with Gasteiger partial charge in [0.1, 0.15) is 11.4 Å². The van der Waals surface area contributed by atoms with Crippen LogP contribution >= 0.6 is 11.6 Å². The number of hydrogen-bond donors (Lipinski definition) is 2. The molecule has 0 bridgehead atoms. The minimum absolute atomic E-state index is 0.175. The van der Waals surface area contributed by atoms with Crippen molar-refractivity contribution < 1.29 is 14.1 Å². The first kappa shape index (κ1) is 27.1. The molecule has 2 aromatic heterocycles. The Hall–Kier alpha value is -2.51. The largest absolute Gasteiger partial charge is 0.352 e. The second kappa shape index (κ2) is 12.0. The van der Waals surface area contributed by atoms with E-state index in [4.69, 9.17) is 11.6 Å². The van der Waals surface area contributed by atoms with Crippen molar-refractivity contribution in [2.24, 2.45) is 11.8 Å². The van der Waals surface area contributed by atoms with E-state index in [-0.39, 0.29) is 11.7 Å². The summed E-state index contributed by atoms with van der Waals surface area (Å²) in [7, 11) is 0. The lowest BCUT2D eigenvalue weighted by atomic mass is 10.0. The van der Waals surface area contributed by atoms with Gasteiger partial charge in [-0.3, -0.25) is 4.79 Å². The van der Waals surface area contributed by atoms with Crippen molar-refractivity contribution in [1.82, 2.24) is 19.9 Å². The van der Waals surface area contributed by atoms with Crippen molar-refractivity contribution in [3.8, 4) is 0 Å². The molecule has 0 atom stereocenters. The van der Waals surface area contributed by atoms with E-state index >= 15 is 0 Å². The monoisotopic (exact) mass is 502 g/mol. The first-order valence-corrected chi connectivity index (χ1v) is 12.8. The second-order valence-corrected chi connectivity index (χ2v) is 10.6. The maximum absolute atomic E-state index is 14.4. The second-order valence-electron chi connectivity index (χ2n) is 10.2. The summed E-state index contributed by atoms with van der Waals surface area (Å²) in [6, 6.07) is 4.67. The molecule has 1 aromatic carbocycles. The van der Waals surface area contributed by atoms with E-state index in [1.807, 2.05) is 13.8 Å². The molecule has 0 fully saturated rings. The number of nitrogens with zero attached hydrogens (tertiary/aromatic N) is 3. The summed E-state index contributed by atoms with van der Waals surface area (Å²) in [5.74, 6) is 0.771. The van der Waals surface area contributed by atoms with Gasteiger partial charge in [-0.15, -0.1) is 0 Å². The van der Waals surface area contributed by atoms with Crippen LogP contribution in [0.2, 0.25) is 5.02 Å². The maximum Gasteiger partial charge on any atom is 0.256 e. The Labute approximate surface area is 212 Å². The van der Waals surface area contributed by atoms with Gasteiger partial charge in [0.25, 0.3) is 5.91 Å². The quantitative estimate of drug-likeness (QED) is 0.389. The molecule has 2 N–H and O–H groups in total. The van der Waals surface area contributed by atoms with Crippen LogP contribution in [0.4, 0.5) is 4.39 Å².